The number of amides is 2. The van der Waals surface area contributed by atoms with Gasteiger partial charge in [0.2, 0.25) is 5.91 Å². The smallest absolute Gasteiger partial charge is 0.407 e. The molecule has 41 heavy (non-hydrogen) atoms. The Labute approximate surface area is 241 Å². The van der Waals surface area contributed by atoms with Crippen molar-refractivity contribution < 1.29 is 23.8 Å². The molecule has 4 heterocycles. The van der Waals surface area contributed by atoms with Crippen LogP contribution in [0.4, 0.5) is 14.9 Å². The molecule has 0 saturated carbocycles. The monoisotopic (exact) mass is 567 g/mol. The lowest BCUT2D eigenvalue weighted by atomic mass is 9.88. The molecule has 0 bridgehead atoms. The van der Waals surface area contributed by atoms with Gasteiger partial charge < -0.3 is 19.6 Å². The Morgan fingerprint density at radius 3 is 2.41 bits per heavy atom. The van der Waals surface area contributed by atoms with Crippen LogP contribution < -0.4 is 4.90 Å². The van der Waals surface area contributed by atoms with E-state index in [0.717, 1.165) is 22.5 Å². The first-order chi connectivity index (χ1) is 19.4. The lowest BCUT2D eigenvalue weighted by Crippen LogP contribution is -2.64. The van der Waals surface area contributed by atoms with E-state index in [-0.39, 0.29) is 47.9 Å². The van der Waals surface area contributed by atoms with E-state index < -0.39 is 6.09 Å². The highest BCUT2D eigenvalue weighted by Crippen LogP contribution is 2.40. The van der Waals surface area contributed by atoms with Gasteiger partial charge in [0.15, 0.2) is 0 Å². The van der Waals surface area contributed by atoms with Crippen LogP contribution in [0.5, 0.6) is 0 Å². The fourth-order valence-electron chi connectivity index (χ4n) is 6.57. The first-order valence-electron chi connectivity index (χ1n) is 14.5. The van der Waals surface area contributed by atoms with E-state index in [9.17, 15) is 19.1 Å². The predicted octanol–water partition coefficient (Wildman–Crippen LogP) is 3.60. The van der Waals surface area contributed by atoms with Crippen LogP contribution in [0.25, 0.3) is 0 Å². The molecule has 1 N–H and O–H groups in total. The van der Waals surface area contributed by atoms with Gasteiger partial charge in [-0.2, -0.15) is 0 Å². The first-order valence-corrected chi connectivity index (χ1v) is 14.5. The summed E-state index contributed by atoms with van der Waals surface area (Å²) < 4.78 is 19.1. The van der Waals surface area contributed by atoms with Gasteiger partial charge in [-0.3, -0.25) is 19.6 Å². The molecule has 222 valence electrons. The minimum atomic E-state index is -0.923. The summed E-state index contributed by atoms with van der Waals surface area (Å²) in [6, 6.07) is 8.49. The Balaban J connectivity index is 1.37. The van der Waals surface area contributed by atoms with Gasteiger partial charge in [-0.25, -0.2) is 9.18 Å². The third-order valence-corrected chi connectivity index (χ3v) is 8.92. The summed E-state index contributed by atoms with van der Waals surface area (Å²) in [6.45, 7) is 14.0. The molecule has 4 atom stereocenters. The molecule has 0 spiro atoms. The zero-order chi connectivity index (χ0) is 29.5. The largest absolute Gasteiger partial charge is 0.465 e. The number of hydrogen-bond acceptors (Lipinski definition) is 6. The second kappa shape index (κ2) is 11.7. The summed E-state index contributed by atoms with van der Waals surface area (Å²) in [6.07, 6.45) is 1.50. The molecule has 5 rings (SSSR count). The number of fused-ring (bicyclic) bond motifs is 1. The number of nitrogens with zero attached hydrogens (tertiary/aromatic N) is 5. The van der Waals surface area contributed by atoms with E-state index in [1.807, 2.05) is 24.1 Å². The van der Waals surface area contributed by atoms with E-state index in [0.29, 0.717) is 45.8 Å². The Bertz CT molecular complexity index is 1260. The number of carbonyl (C=O) groups is 2. The first kappa shape index (κ1) is 29.4. The maximum Gasteiger partial charge on any atom is 0.407 e. The minimum absolute atomic E-state index is 0.000179. The lowest BCUT2D eigenvalue weighted by molar-refractivity contribution is -0.122. The van der Waals surface area contributed by atoms with Crippen molar-refractivity contribution in [1.29, 1.82) is 0 Å². The van der Waals surface area contributed by atoms with Gasteiger partial charge in [0, 0.05) is 79.6 Å². The zero-order valence-corrected chi connectivity index (χ0v) is 24.7. The molecule has 3 aliphatic heterocycles. The van der Waals surface area contributed by atoms with E-state index >= 15 is 0 Å². The average molecular weight is 568 g/mol. The summed E-state index contributed by atoms with van der Waals surface area (Å²) in [5.74, 6) is -0.275. The van der Waals surface area contributed by atoms with Crippen molar-refractivity contribution in [3.8, 4) is 0 Å². The van der Waals surface area contributed by atoms with Crippen LogP contribution in [0.15, 0.2) is 36.5 Å². The molecule has 2 aromatic rings. The van der Waals surface area contributed by atoms with Gasteiger partial charge in [0.1, 0.15) is 5.82 Å². The van der Waals surface area contributed by atoms with Gasteiger partial charge >= 0.3 is 6.09 Å². The number of rotatable bonds is 6. The van der Waals surface area contributed by atoms with Gasteiger partial charge in [0.05, 0.1) is 25.4 Å². The molecule has 1 aromatic carbocycles. The normalized spacial score (nSPS) is 26.7. The molecule has 1 aromatic heterocycles. The second-order valence-corrected chi connectivity index (χ2v) is 12.7. The fourth-order valence-corrected chi connectivity index (χ4v) is 6.57. The number of ether oxygens (including phenoxy) is 1. The summed E-state index contributed by atoms with van der Waals surface area (Å²) in [5.41, 5.74) is 3.43. The Morgan fingerprint density at radius 2 is 1.76 bits per heavy atom. The van der Waals surface area contributed by atoms with Crippen molar-refractivity contribution >= 4 is 17.7 Å². The molecule has 10 heteroatoms. The standard InChI is InChI=1S/C31H42FN5O4/c1-20-13-34(26(15-36(20)30(39)40)14-35-21(2)17-41-18-22(35)3)16-29(38)37-19-31(4,5)27-12-33-25(11-28(27)37)10-23-6-8-24(32)9-7-23/h6-9,11-12,20-22,26H,10,13-19H2,1-5H3,(H,39,40)/t20-,21-,22-,26+/m1/s1. The number of carboxylic acid groups (broad SMARTS) is 1. The summed E-state index contributed by atoms with van der Waals surface area (Å²) in [7, 11) is 0. The maximum absolute atomic E-state index is 14.0. The number of aromatic nitrogens is 1. The van der Waals surface area contributed by atoms with E-state index in [2.05, 4.69) is 42.5 Å². The van der Waals surface area contributed by atoms with Crippen molar-refractivity contribution in [3.63, 3.8) is 0 Å². The molecular weight excluding hydrogens is 525 g/mol. The van der Waals surface area contributed by atoms with Crippen molar-refractivity contribution in [2.75, 3.05) is 50.8 Å². The minimum Gasteiger partial charge on any atom is -0.465 e. The second-order valence-electron chi connectivity index (χ2n) is 12.7. The Kier molecular flexibility index (Phi) is 8.36. The number of pyridine rings is 1. The van der Waals surface area contributed by atoms with Crippen LogP contribution in [0.2, 0.25) is 0 Å². The van der Waals surface area contributed by atoms with Crippen LogP contribution in [-0.4, -0.2) is 107 Å². The fraction of sp³-hybridized carbons (Fsp3) is 0.581. The average Bonchev–Trinajstić information content (AvgIpc) is 3.18. The van der Waals surface area contributed by atoms with Crippen molar-refractivity contribution in [1.82, 2.24) is 19.7 Å². The van der Waals surface area contributed by atoms with Crippen LogP contribution in [0.3, 0.4) is 0 Å². The van der Waals surface area contributed by atoms with Crippen molar-refractivity contribution in [2.24, 2.45) is 0 Å². The van der Waals surface area contributed by atoms with Gasteiger partial charge in [-0.1, -0.05) is 26.0 Å². The summed E-state index contributed by atoms with van der Waals surface area (Å²) in [5, 5.41) is 9.86. The van der Waals surface area contributed by atoms with Crippen molar-refractivity contribution in [2.45, 2.75) is 70.6 Å². The number of piperazine rings is 1. The quantitative estimate of drug-likeness (QED) is 0.571. The highest BCUT2D eigenvalue weighted by Gasteiger charge is 2.42. The maximum atomic E-state index is 14.0. The molecule has 9 nitrogen and oxygen atoms in total. The number of benzene rings is 1. The van der Waals surface area contributed by atoms with E-state index in [1.165, 1.54) is 17.0 Å². The molecule has 0 radical (unpaired) electrons. The zero-order valence-electron chi connectivity index (χ0n) is 24.7. The topological polar surface area (TPSA) is 89.5 Å². The molecule has 0 unspecified atom stereocenters. The van der Waals surface area contributed by atoms with Crippen LogP contribution in [0.1, 0.15) is 51.4 Å². The molecule has 2 amide bonds. The van der Waals surface area contributed by atoms with Crippen LogP contribution in [0, 0.1) is 5.82 Å². The van der Waals surface area contributed by atoms with E-state index in [1.54, 1.807) is 12.1 Å². The summed E-state index contributed by atoms with van der Waals surface area (Å²) in [4.78, 5) is 38.7. The number of halogens is 1. The molecule has 0 aliphatic carbocycles. The summed E-state index contributed by atoms with van der Waals surface area (Å²) >= 11 is 0. The Hall–Kier alpha value is -3.08. The van der Waals surface area contributed by atoms with E-state index in [4.69, 9.17) is 4.74 Å². The highest BCUT2D eigenvalue weighted by atomic mass is 19.1. The van der Waals surface area contributed by atoms with Crippen LogP contribution in [-0.2, 0) is 21.4 Å². The molecule has 3 aliphatic rings. The van der Waals surface area contributed by atoms with Crippen molar-refractivity contribution in [3.05, 3.63) is 59.2 Å². The predicted molar refractivity (Wildman–Crippen MR) is 155 cm³/mol. The third-order valence-electron chi connectivity index (χ3n) is 8.92. The van der Waals surface area contributed by atoms with Gasteiger partial charge in [-0.05, 0) is 44.5 Å². The number of carbonyl (C=O) groups excluding carboxylic acids is 1. The highest BCUT2D eigenvalue weighted by molar-refractivity contribution is 5.97. The lowest BCUT2D eigenvalue weighted by Gasteiger charge is -2.48. The van der Waals surface area contributed by atoms with Gasteiger partial charge in [0.25, 0.3) is 0 Å². The number of morpholine rings is 1. The SMILES string of the molecule is C[C@@H]1CN(CC(=O)N2CC(C)(C)c3cnc(Cc4ccc(F)cc4)cc32)[C@@H](CN2[C@H](C)COC[C@H]2C)CN1C(=O)O. The molecule has 2 saturated heterocycles. The third kappa shape index (κ3) is 6.24. The molecular formula is C31H42FN5O4. The van der Waals surface area contributed by atoms with Crippen LogP contribution >= 0.6 is 0 Å². The number of anilines is 1. The number of hydrogen-bond donors (Lipinski definition) is 1. The van der Waals surface area contributed by atoms with Gasteiger partial charge in [-0.15, -0.1) is 0 Å². The molecule has 2 fully saturated rings. The Morgan fingerprint density at radius 1 is 1.07 bits per heavy atom.